The number of primary amides is 1. The van der Waals surface area contributed by atoms with E-state index in [1.807, 2.05) is 169 Å². The molecule has 1 aromatic carbocycles. The molecular formula is C90H160N22O8. The fourth-order valence-electron chi connectivity index (χ4n) is 10.7. The highest BCUT2D eigenvalue weighted by Crippen LogP contribution is 2.18. The van der Waals surface area contributed by atoms with Crippen LogP contribution in [0.5, 0.6) is 5.75 Å². The topological polar surface area (TPSA) is 340 Å². The summed E-state index contributed by atoms with van der Waals surface area (Å²) in [6, 6.07) is 16.5. The number of nitrogens with zero attached hydrogens (tertiary/aromatic N) is 16. The summed E-state index contributed by atoms with van der Waals surface area (Å²) in [7, 11) is 4.12. The van der Waals surface area contributed by atoms with Gasteiger partial charge in [0, 0.05) is 205 Å². The summed E-state index contributed by atoms with van der Waals surface area (Å²) in [5, 5.41) is 8.33. The number of likely N-dealkylation sites (N-methyl/N-ethyl adjacent to an activating group) is 2. The van der Waals surface area contributed by atoms with Crippen LogP contribution in [-0.4, -0.2) is 229 Å². The van der Waals surface area contributed by atoms with Gasteiger partial charge in [0.2, 0.25) is 23.6 Å². The van der Waals surface area contributed by atoms with Gasteiger partial charge in [-0.2, -0.15) is 0 Å². The maximum atomic E-state index is 11.1. The third-order valence-corrected chi connectivity index (χ3v) is 16.9. The zero-order valence-electron chi connectivity index (χ0n) is 74.2. The smallest absolute Gasteiger partial charge is 0.317 e. The third-order valence-electron chi connectivity index (χ3n) is 16.9. The Balaban J connectivity index is -0.000000396. The number of aryl methyl sites for hydroxylation is 4. The summed E-state index contributed by atoms with van der Waals surface area (Å²) in [4.78, 5) is 113. The van der Waals surface area contributed by atoms with Crippen molar-refractivity contribution in [3.05, 3.63) is 178 Å². The second-order valence-electron chi connectivity index (χ2n) is 26.3. The number of aromatic amines is 2. The Morgan fingerprint density at radius 2 is 1.10 bits per heavy atom. The number of carbonyl (C=O) groups is 7. The molecule has 0 saturated carbocycles. The van der Waals surface area contributed by atoms with Gasteiger partial charge in [-0.3, -0.25) is 33.8 Å². The molecule has 6 aliphatic heterocycles. The number of piperidine rings is 2. The Bertz CT molecular complexity index is 3400. The number of nitrogens with two attached hydrogens (primary N) is 1. The van der Waals surface area contributed by atoms with Crippen LogP contribution in [0.1, 0.15) is 203 Å². The number of Topliss-reactive ketones (excluding diaryl/α,β-unsaturated/α-hetero) is 1. The van der Waals surface area contributed by atoms with Crippen LogP contribution in [0, 0.1) is 5.92 Å². The van der Waals surface area contributed by atoms with Crippen LogP contribution in [0.4, 0.5) is 10.6 Å². The lowest BCUT2D eigenvalue weighted by Gasteiger charge is -2.24. The predicted octanol–water partition coefficient (Wildman–Crippen LogP) is 15.4. The molecule has 30 heteroatoms. The Kier molecular flexibility index (Phi) is 79.4. The molecule has 30 nitrogen and oxygen atoms in total. The number of H-pyrrole nitrogens is 2. The zero-order valence-corrected chi connectivity index (χ0v) is 74.2. The number of ketones is 1. The number of allylic oxidation sites excluding steroid dienone is 1. The molecule has 0 spiro atoms. The standard InChI is InChI=1S/C10H15N3O.C8H8O2.C7H9NO.C7H15N.C6H8N2O.C6H10N2.C6H11NO.C6H13N.C5H10N2O.4C5H8N2.C2H5NO.2C2H6.3CH4/c1-9(14)13-4-2-10(7-13)6-12-5-3-11-8-12;1-7(9)10-8-5-3-2-4-6-8;1-7(9)6-8-4-2-3-5-8;1-2-8-6-4-3-5-7-8;1-5(9)8-6-3-2-4-7-6;1-7-5-6-3-2-4-8-6;1-2-7-5-3-4-6(7)8;1-7-5-3-2-4-6-7;1-2-7-4-3-6-5(7)8;1-2-5-3-6-4-7-5;3*1-2-7-4-3-6-5-7;1-2(3)4;2*1-2;;;/h3,5,8,10H,2,4,6-7H2,1H3;2-6H,1H3;2-5H,6H2,1H3;2-7H2,1H3;2-4,7H,1H3,(H,8,9);3-4,7H,2,5H2,1H3;2-5H2,1H3;2-6H2,1H3;2-4H2,1H3,(H,6,8);3-4H,2H2,1H3,(H,6,7);3*3-5H,2H2,1H3;1H3,(H2,3,4);2*1-2H3;3*1H4. The number of para-hydroxylation sites is 1. The van der Waals surface area contributed by atoms with Gasteiger partial charge in [-0.1, -0.05) is 101 Å². The summed E-state index contributed by atoms with van der Waals surface area (Å²) < 4.78 is 14.7. The quantitative estimate of drug-likeness (QED) is 0.0410. The van der Waals surface area contributed by atoms with Crippen molar-refractivity contribution in [1.82, 2.24) is 92.9 Å². The highest BCUT2D eigenvalue weighted by Gasteiger charge is 2.24. The van der Waals surface area contributed by atoms with Crippen LogP contribution in [0.25, 0.3) is 0 Å². The number of anilines is 1. The fraction of sp³-hybridized carbons (Fsp3) is 0.567. The molecule has 678 valence electrons. The molecule has 1 atom stereocenters. The molecule has 0 aliphatic carbocycles. The number of imidazole rings is 5. The van der Waals surface area contributed by atoms with Gasteiger partial charge in [-0.15, -0.1) is 0 Å². The van der Waals surface area contributed by atoms with Gasteiger partial charge in [-0.05, 0) is 176 Å². The second kappa shape index (κ2) is 80.8. The van der Waals surface area contributed by atoms with E-state index in [-0.39, 0.29) is 57.8 Å². The molecule has 8 aromatic rings. The molecule has 7 aromatic heterocycles. The first-order valence-corrected chi connectivity index (χ1v) is 41.7. The normalized spacial score (nSPS) is 13.9. The SMILES string of the molecule is C.C.C.CC.CC.CC(=O)Cn1cccc1.CC(=O)N1CCC(Cn2ccnc2)C1.CC(=O)Nc1ccc[nH]1.CC(=O)Oc1ccccc1.CC(N)=O.CCN1CCCC1=O.CCN1CCCCC1.CCN1CCNC1=O.CCc1cnc[nH]1.CCn1ccnc1.CCn1ccnc1.CCn1ccnc1.CN1CCCCC1.CNCC1=CCC=N1. The number of benzene rings is 1. The number of hydrogen-bond acceptors (Lipinski definition) is 17. The van der Waals surface area contributed by atoms with Crippen LogP contribution in [0.2, 0.25) is 0 Å². The first-order chi connectivity index (χ1) is 56.5. The van der Waals surface area contributed by atoms with Crippen molar-refractivity contribution < 1.29 is 38.3 Å². The molecule has 13 heterocycles. The van der Waals surface area contributed by atoms with Crippen LogP contribution < -0.4 is 26.4 Å². The molecular weight excluding hydrogens is 1520 g/mol. The molecule has 1 unspecified atom stereocenters. The van der Waals surface area contributed by atoms with E-state index >= 15 is 0 Å². The van der Waals surface area contributed by atoms with Crippen LogP contribution in [0.3, 0.4) is 0 Å². The van der Waals surface area contributed by atoms with E-state index in [9.17, 15) is 33.6 Å². The highest BCUT2D eigenvalue weighted by atomic mass is 16.5. The Labute approximate surface area is 722 Å². The van der Waals surface area contributed by atoms with E-state index in [1.165, 1.54) is 97.7 Å². The van der Waals surface area contributed by atoms with Gasteiger partial charge in [0.15, 0.2) is 0 Å². The number of aliphatic imine (C=N–C) groups is 1. The number of aromatic nitrogens is 12. The molecule has 6 aliphatic rings. The van der Waals surface area contributed by atoms with Crippen LogP contribution in [0.15, 0.2) is 177 Å². The van der Waals surface area contributed by atoms with Gasteiger partial charge < -0.3 is 83.7 Å². The fourth-order valence-corrected chi connectivity index (χ4v) is 10.7. The lowest BCUT2D eigenvalue weighted by Crippen LogP contribution is -2.29. The molecule has 6 amide bonds. The monoisotopic (exact) mass is 1680 g/mol. The molecule has 5 fully saturated rings. The first kappa shape index (κ1) is 118. The minimum Gasteiger partial charge on any atom is -0.427 e. The lowest BCUT2D eigenvalue weighted by molar-refractivity contribution is -0.132. The predicted molar refractivity (Wildman–Crippen MR) is 495 cm³/mol. The van der Waals surface area contributed by atoms with E-state index in [0.717, 1.165) is 122 Å². The van der Waals surface area contributed by atoms with Gasteiger partial charge in [0.1, 0.15) is 17.4 Å². The van der Waals surface area contributed by atoms with E-state index in [2.05, 4.69) is 124 Å². The molecule has 14 rings (SSSR count). The average Bonchev–Trinajstić information content (AvgIpc) is 1.74. The molecule has 120 heavy (non-hydrogen) atoms. The minimum atomic E-state index is -0.333. The van der Waals surface area contributed by atoms with Gasteiger partial charge in [-0.25, -0.2) is 29.7 Å². The van der Waals surface area contributed by atoms with Crippen molar-refractivity contribution in [3.63, 3.8) is 0 Å². The zero-order chi connectivity index (χ0) is 87.5. The summed E-state index contributed by atoms with van der Waals surface area (Å²) in [5.41, 5.74) is 6.83. The number of carbonyl (C=O) groups excluding carboxylic acids is 7. The number of esters is 1. The number of likely N-dealkylation sites (tertiary alicyclic amines) is 4. The van der Waals surface area contributed by atoms with Gasteiger partial charge >= 0.3 is 12.0 Å². The Hall–Kier alpha value is -10.6. The van der Waals surface area contributed by atoms with Gasteiger partial charge in [0.25, 0.3) is 0 Å². The average molecular weight is 1680 g/mol. The van der Waals surface area contributed by atoms with Crippen LogP contribution >= 0.6 is 0 Å². The Morgan fingerprint density at radius 3 is 1.40 bits per heavy atom. The van der Waals surface area contributed by atoms with E-state index < -0.39 is 0 Å². The number of amides is 6. The summed E-state index contributed by atoms with van der Waals surface area (Å²) >= 11 is 0. The number of nitrogens with one attached hydrogen (secondary N) is 5. The number of ether oxygens (including phenoxy) is 1. The highest BCUT2D eigenvalue weighted by molar-refractivity contribution is 5.87. The van der Waals surface area contributed by atoms with Crippen molar-refractivity contribution in [2.75, 3.05) is 104 Å². The van der Waals surface area contributed by atoms with Crippen molar-refractivity contribution in [2.45, 2.75) is 236 Å². The van der Waals surface area contributed by atoms with E-state index in [1.54, 1.807) is 93.2 Å². The van der Waals surface area contributed by atoms with Gasteiger partial charge in [0.05, 0.1) is 43.9 Å². The lowest BCUT2D eigenvalue weighted by atomic mass is 10.1. The molecule has 0 bridgehead atoms. The number of hydrogen-bond donors (Lipinski definition) is 6. The van der Waals surface area contributed by atoms with Crippen molar-refractivity contribution in [2.24, 2.45) is 16.6 Å². The summed E-state index contributed by atoms with van der Waals surface area (Å²) in [6.07, 6.45) is 48.8. The van der Waals surface area contributed by atoms with E-state index in [0.29, 0.717) is 24.1 Å². The van der Waals surface area contributed by atoms with Crippen LogP contribution in [-0.2, 0) is 67.9 Å². The maximum Gasteiger partial charge on any atom is 0.317 e. The largest absolute Gasteiger partial charge is 0.427 e. The van der Waals surface area contributed by atoms with E-state index in [4.69, 9.17) is 4.74 Å². The van der Waals surface area contributed by atoms with Crippen molar-refractivity contribution >= 4 is 53.4 Å². The molecule has 7 N–H and O–H groups in total. The van der Waals surface area contributed by atoms with Crippen molar-refractivity contribution in [3.8, 4) is 5.75 Å². The molecule has 5 saturated heterocycles. The maximum absolute atomic E-state index is 11.1. The number of rotatable bonds is 15. The second-order valence-corrected chi connectivity index (χ2v) is 26.3. The van der Waals surface area contributed by atoms with Crippen molar-refractivity contribution in [1.29, 1.82) is 0 Å². The first-order valence-electron chi connectivity index (χ1n) is 41.7. The third kappa shape index (κ3) is 66.3. The number of urea groups is 1. The minimum absolute atomic E-state index is 0. The Morgan fingerprint density at radius 1 is 0.575 bits per heavy atom. The summed E-state index contributed by atoms with van der Waals surface area (Å²) in [5.74, 6) is 1.95. The molecule has 0 radical (unpaired) electrons. The summed E-state index contributed by atoms with van der Waals surface area (Å²) in [6.45, 7) is 48.1.